The van der Waals surface area contributed by atoms with Crippen molar-refractivity contribution in [2.75, 3.05) is 10.2 Å². The Morgan fingerprint density at radius 3 is 2.27 bits per heavy atom. The van der Waals surface area contributed by atoms with E-state index in [0.717, 1.165) is 11.1 Å². The number of non-ortho nitro benzene ring substituents is 1. The minimum absolute atomic E-state index is 0.0842. The van der Waals surface area contributed by atoms with Crippen molar-refractivity contribution in [3.63, 3.8) is 0 Å². The van der Waals surface area contributed by atoms with E-state index in [1.165, 1.54) is 35.2 Å². The van der Waals surface area contributed by atoms with Gasteiger partial charge in [-0.3, -0.25) is 19.8 Å². The number of nitrogens with one attached hydrogen (secondary N) is 1. The summed E-state index contributed by atoms with van der Waals surface area (Å²) in [6.45, 7) is 2.02. The van der Waals surface area contributed by atoms with Gasteiger partial charge < -0.3 is 15.2 Å². The highest BCUT2D eigenvalue weighted by molar-refractivity contribution is 6.12. The number of phenolic OH excluding ortho intramolecular Hbond substituents is 1. The van der Waals surface area contributed by atoms with E-state index in [0.29, 0.717) is 22.1 Å². The lowest BCUT2D eigenvalue weighted by atomic mass is 10.0. The van der Waals surface area contributed by atoms with Gasteiger partial charge in [0.25, 0.3) is 11.6 Å². The van der Waals surface area contributed by atoms with E-state index in [1.807, 2.05) is 55.5 Å². The molecule has 9 heteroatoms. The number of phenols is 1. The number of anilines is 2. The van der Waals surface area contributed by atoms with Crippen molar-refractivity contribution in [1.82, 2.24) is 0 Å². The van der Waals surface area contributed by atoms with Crippen LogP contribution in [0.15, 0.2) is 109 Å². The highest BCUT2D eigenvalue weighted by Crippen LogP contribution is 2.36. The summed E-state index contributed by atoms with van der Waals surface area (Å²) in [4.78, 5) is 38.5. The van der Waals surface area contributed by atoms with Crippen LogP contribution in [0.4, 0.5) is 21.9 Å². The van der Waals surface area contributed by atoms with Crippen molar-refractivity contribution in [3.8, 4) is 11.5 Å². The molecular weight excluding hydrogens is 522 g/mol. The Morgan fingerprint density at radius 1 is 0.854 bits per heavy atom. The molecule has 0 unspecified atom stereocenters. The summed E-state index contributed by atoms with van der Waals surface area (Å²) in [5.74, 6) is -0.557. The molecule has 0 saturated heterocycles. The monoisotopic (exact) mass is 547 g/mol. The largest absolute Gasteiger partial charge is 0.506 e. The molecule has 0 radical (unpaired) electrons. The smallest absolute Gasteiger partial charge is 0.420 e. The van der Waals surface area contributed by atoms with Crippen LogP contribution < -0.4 is 15.0 Å². The molecule has 0 aromatic heterocycles. The van der Waals surface area contributed by atoms with Gasteiger partial charge in [0.05, 0.1) is 22.7 Å². The molecule has 204 valence electrons. The molecule has 5 rings (SSSR count). The van der Waals surface area contributed by atoms with Crippen LogP contribution in [0.5, 0.6) is 11.5 Å². The summed E-state index contributed by atoms with van der Waals surface area (Å²) >= 11 is 0. The Kier molecular flexibility index (Phi) is 7.60. The number of hydrogen-bond donors (Lipinski definition) is 2. The number of benzene rings is 5. The normalized spacial score (nSPS) is 10.7. The Bertz CT molecular complexity index is 1750. The fraction of sp³-hybridized carbons (Fsp3) is 0.0625. The van der Waals surface area contributed by atoms with Crippen molar-refractivity contribution in [1.29, 1.82) is 0 Å². The van der Waals surface area contributed by atoms with Crippen LogP contribution in [0.2, 0.25) is 0 Å². The second kappa shape index (κ2) is 11.6. The average Bonchev–Trinajstić information content (AvgIpc) is 2.98. The number of nitrogens with zero attached hydrogens (tertiary/aromatic N) is 2. The molecule has 5 aromatic rings. The molecule has 0 bridgehead atoms. The molecule has 0 aliphatic carbocycles. The first-order chi connectivity index (χ1) is 19.8. The molecule has 9 nitrogen and oxygen atoms in total. The summed E-state index contributed by atoms with van der Waals surface area (Å²) < 4.78 is 5.59. The Labute approximate surface area is 235 Å². The van der Waals surface area contributed by atoms with Gasteiger partial charge in [0.15, 0.2) is 0 Å². The predicted octanol–water partition coefficient (Wildman–Crippen LogP) is 7.22. The van der Waals surface area contributed by atoms with Gasteiger partial charge in [-0.05, 0) is 48.4 Å². The first kappa shape index (κ1) is 26.9. The van der Waals surface area contributed by atoms with Crippen LogP contribution in [-0.2, 0) is 6.54 Å². The van der Waals surface area contributed by atoms with E-state index in [4.69, 9.17) is 4.74 Å². The quantitative estimate of drug-likeness (QED) is 0.164. The molecule has 2 amide bonds. The topological polar surface area (TPSA) is 122 Å². The molecule has 2 N–H and O–H groups in total. The molecular formula is C32H25N3O6. The third-order valence-corrected chi connectivity index (χ3v) is 6.60. The number of hydrogen-bond acceptors (Lipinski definition) is 6. The molecule has 5 aromatic carbocycles. The van der Waals surface area contributed by atoms with Gasteiger partial charge in [0.1, 0.15) is 11.5 Å². The molecule has 41 heavy (non-hydrogen) atoms. The molecule has 0 aliphatic rings. The summed E-state index contributed by atoms with van der Waals surface area (Å²) in [5, 5.41) is 25.9. The maximum Gasteiger partial charge on any atom is 0.420 e. The van der Waals surface area contributed by atoms with Crippen LogP contribution in [0, 0.1) is 17.0 Å². The number of aromatic hydroxyl groups is 1. The van der Waals surface area contributed by atoms with Gasteiger partial charge in [0.2, 0.25) is 0 Å². The zero-order chi connectivity index (χ0) is 28.9. The van der Waals surface area contributed by atoms with E-state index in [1.54, 1.807) is 30.3 Å². The van der Waals surface area contributed by atoms with Crippen molar-refractivity contribution in [3.05, 3.63) is 136 Å². The van der Waals surface area contributed by atoms with E-state index < -0.39 is 16.9 Å². The highest BCUT2D eigenvalue weighted by atomic mass is 16.6. The van der Waals surface area contributed by atoms with Crippen molar-refractivity contribution in [2.24, 2.45) is 0 Å². The van der Waals surface area contributed by atoms with Gasteiger partial charge in [-0.15, -0.1) is 0 Å². The third kappa shape index (κ3) is 5.84. The maximum absolute atomic E-state index is 13.5. The fourth-order valence-electron chi connectivity index (χ4n) is 4.45. The van der Waals surface area contributed by atoms with E-state index in [-0.39, 0.29) is 29.3 Å². The molecule has 0 spiro atoms. The molecule has 0 saturated carbocycles. The van der Waals surface area contributed by atoms with Crippen LogP contribution in [0.3, 0.4) is 0 Å². The van der Waals surface area contributed by atoms with Crippen LogP contribution in [0.25, 0.3) is 10.8 Å². The summed E-state index contributed by atoms with van der Waals surface area (Å²) in [5.41, 5.74) is 2.74. The van der Waals surface area contributed by atoms with Crippen LogP contribution in [-0.4, -0.2) is 22.0 Å². The number of carbonyl (C=O) groups is 2. The molecule has 0 aliphatic heterocycles. The van der Waals surface area contributed by atoms with Crippen LogP contribution >= 0.6 is 0 Å². The lowest BCUT2D eigenvalue weighted by molar-refractivity contribution is -0.384. The number of para-hydroxylation sites is 1. The lowest BCUT2D eigenvalue weighted by Gasteiger charge is -2.24. The highest BCUT2D eigenvalue weighted by Gasteiger charge is 2.23. The summed E-state index contributed by atoms with van der Waals surface area (Å²) in [6.07, 6.45) is -0.726. The third-order valence-electron chi connectivity index (χ3n) is 6.60. The second-order valence-electron chi connectivity index (χ2n) is 9.29. The minimum Gasteiger partial charge on any atom is -0.506 e. The molecule has 0 heterocycles. The minimum atomic E-state index is -0.726. The number of fused-ring (bicyclic) bond motifs is 1. The molecule has 0 atom stereocenters. The second-order valence-corrected chi connectivity index (χ2v) is 9.29. The first-order valence-electron chi connectivity index (χ1n) is 12.7. The number of nitro groups is 1. The average molecular weight is 548 g/mol. The number of nitro benzene ring substituents is 1. The lowest BCUT2D eigenvalue weighted by Crippen LogP contribution is -2.33. The standard InChI is InChI=1S/C32H25N3O6/c1-21-8-5-6-12-28(21)33-31(37)27-19-18-25-26(30(27)36)11-7-13-29(25)34(20-22-9-3-2-4-10-22)32(38)41-24-16-14-23(15-17-24)35(39)40/h2-19,36H,20H2,1H3,(H,33,37). The predicted molar refractivity (Wildman–Crippen MR) is 156 cm³/mol. The van der Waals surface area contributed by atoms with Gasteiger partial charge in [-0.25, -0.2) is 4.79 Å². The Balaban J connectivity index is 1.51. The number of ether oxygens (including phenoxy) is 1. The van der Waals surface area contributed by atoms with E-state index in [2.05, 4.69) is 5.32 Å². The van der Waals surface area contributed by atoms with Crippen LogP contribution in [0.1, 0.15) is 21.5 Å². The van der Waals surface area contributed by atoms with E-state index >= 15 is 0 Å². The maximum atomic E-state index is 13.5. The molecule has 0 fully saturated rings. The summed E-state index contributed by atoms with van der Waals surface area (Å²) in [6, 6.07) is 30.1. The van der Waals surface area contributed by atoms with E-state index in [9.17, 15) is 24.8 Å². The van der Waals surface area contributed by atoms with Gasteiger partial charge in [-0.1, -0.05) is 66.7 Å². The van der Waals surface area contributed by atoms with Gasteiger partial charge in [-0.2, -0.15) is 0 Å². The SMILES string of the molecule is Cc1ccccc1NC(=O)c1ccc2c(N(Cc3ccccc3)C(=O)Oc3ccc([N+](=O)[O-])cc3)cccc2c1O. The number of rotatable bonds is 7. The number of aryl methyl sites for hydroxylation is 1. The zero-order valence-electron chi connectivity index (χ0n) is 22.0. The van der Waals surface area contributed by atoms with Gasteiger partial charge >= 0.3 is 6.09 Å². The van der Waals surface area contributed by atoms with Crippen molar-refractivity contribution in [2.45, 2.75) is 13.5 Å². The number of amides is 2. The Hall–Kier alpha value is -5.70. The van der Waals surface area contributed by atoms with Crippen molar-refractivity contribution >= 4 is 39.8 Å². The van der Waals surface area contributed by atoms with Crippen molar-refractivity contribution < 1.29 is 24.4 Å². The Morgan fingerprint density at radius 2 is 1.56 bits per heavy atom. The summed E-state index contributed by atoms with van der Waals surface area (Å²) in [7, 11) is 0. The fourth-order valence-corrected chi connectivity index (χ4v) is 4.45. The van der Waals surface area contributed by atoms with Gasteiger partial charge in [0, 0.05) is 28.6 Å². The zero-order valence-corrected chi connectivity index (χ0v) is 22.0. The number of carbonyl (C=O) groups excluding carboxylic acids is 2. The first-order valence-corrected chi connectivity index (χ1v) is 12.7.